The predicted octanol–water partition coefficient (Wildman–Crippen LogP) is 3.46. The van der Waals surface area contributed by atoms with Crippen LogP contribution in [0.3, 0.4) is 0 Å². The summed E-state index contributed by atoms with van der Waals surface area (Å²) >= 11 is 1.66. The van der Waals surface area contributed by atoms with E-state index in [1.54, 1.807) is 23.5 Å². The summed E-state index contributed by atoms with van der Waals surface area (Å²) in [4.78, 5) is 14.9. The quantitative estimate of drug-likeness (QED) is 0.718. The lowest BCUT2D eigenvalue weighted by Gasteiger charge is -2.36. The summed E-state index contributed by atoms with van der Waals surface area (Å²) in [7, 11) is -3.63. The molecule has 6 nitrogen and oxygen atoms in total. The Labute approximate surface area is 171 Å². The summed E-state index contributed by atoms with van der Waals surface area (Å²) in [5, 5.41) is 4.67. The van der Waals surface area contributed by atoms with Gasteiger partial charge in [0.25, 0.3) is 0 Å². The maximum Gasteiger partial charge on any atom is 0.240 e. The fourth-order valence-electron chi connectivity index (χ4n) is 3.42. The first-order valence-corrected chi connectivity index (χ1v) is 11.9. The minimum absolute atomic E-state index is 0.0425. The van der Waals surface area contributed by atoms with Crippen molar-refractivity contribution in [2.24, 2.45) is 5.92 Å². The lowest BCUT2D eigenvalue weighted by molar-refractivity contribution is -0.114. The number of carbonyl (C=O) groups is 1. The third-order valence-electron chi connectivity index (χ3n) is 5.08. The Kier molecular flexibility index (Phi) is 6.87. The van der Waals surface area contributed by atoms with E-state index in [0.29, 0.717) is 12.2 Å². The van der Waals surface area contributed by atoms with E-state index in [1.807, 2.05) is 11.4 Å². The van der Waals surface area contributed by atoms with Crippen molar-refractivity contribution in [1.29, 1.82) is 0 Å². The molecule has 1 saturated heterocycles. The second kappa shape index (κ2) is 9.17. The highest BCUT2D eigenvalue weighted by atomic mass is 32.2. The molecule has 2 aromatic rings. The molecule has 2 N–H and O–H groups in total. The zero-order chi connectivity index (χ0) is 20.1. The van der Waals surface area contributed by atoms with E-state index in [-0.39, 0.29) is 16.8 Å². The first kappa shape index (κ1) is 21.0. The van der Waals surface area contributed by atoms with E-state index in [0.717, 1.165) is 31.8 Å². The van der Waals surface area contributed by atoms with Crippen LogP contribution in [-0.4, -0.2) is 38.9 Å². The molecule has 0 aliphatic carbocycles. The number of sulfonamides is 1. The molecule has 152 valence electrons. The standard InChI is InChI=1S/C20H27N3O3S2/c1-15-9-11-23(12-10-15)19(20-4-3-13-27-20)14-21-28(25,26)18-7-5-17(6-8-18)22-16(2)24/h3-8,13,15,19,21H,9-12,14H2,1-2H3,(H,22,24). The molecule has 0 spiro atoms. The molecule has 1 aromatic carbocycles. The van der Waals surface area contributed by atoms with Crippen molar-refractivity contribution < 1.29 is 13.2 Å². The van der Waals surface area contributed by atoms with Crippen LogP contribution < -0.4 is 10.0 Å². The molecule has 1 unspecified atom stereocenters. The number of amides is 1. The van der Waals surface area contributed by atoms with Gasteiger partial charge in [-0.1, -0.05) is 13.0 Å². The van der Waals surface area contributed by atoms with E-state index in [1.165, 1.54) is 23.9 Å². The molecule has 3 rings (SSSR count). The number of hydrogen-bond donors (Lipinski definition) is 2. The number of piperidine rings is 1. The van der Waals surface area contributed by atoms with Gasteiger partial charge in [-0.2, -0.15) is 0 Å². The number of likely N-dealkylation sites (tertiary alicyclic amines) is 1. The van der Waals surface area contributed by atoms with Crippen LogP contribution in [-0.2, 0) is 14.8 Å². The van der Waals surface area contributed by atoms with Crippen molar-refractivity contribution >= 4 is 33.0 Å². The van der Waals surface area contributed by atoms with Crippen LogP contribution in [0.25, 0.3) is 0 Å². The van der Waals surface area contributed by atoms with Crippen molar-refractivity contribution in [2.45, 2.75) is 37.6 Å². The molecule has 1 aliphatic heterocycles. The molecule has 0 bridgehead atoms. The van der Waals surface area contributed by atoms with Crippen molar-refractivity contribution in [2.75, 3.05) is 25.0 Å². The number of nitrogens with one attached hydrogen (secondary N) is 2. The summed E-state index contributed by atoms with van der Waals surface area (Å²) in [5.74, 6) is 0.530. The van der Waals surface area contributed by atoms with E-state index >= 15 is 0 Å². The Morgan fingerprint density at radius 3 is 2.46 bits per heavy atom. The molecular formula is C20H27N3O3S2. The second-order valence-electron chi connectivity index (χ2n) is 7.31. The molecule has 8 heteroatoms. The van der Waals surface area contributed by atoms with E-state index in [2.05, 4.69) is 27.9 Å². The highest BCUT2D eigenvalue weighted by Crippen LogP contribution is 2.29. The Hall–Kier alpha value is -1.74. The van der Waals surface area contributed by atoms with Crippen LogP contribution in [0.15, 0.2) is 46.7 Å². The van der Waals surface area contributed by atoms with Gasteiger partial charge in [0.05, 0.1) is 10.9 Å². The number of anilines is 1. The Morgan fingerprint density at radius 2 is 1.89 bits per heavy atom. The molecular weight excluding hydrogens is 394 g/mol. The van der Waals surface area contributed by atoms with Crippen LogP contribution >= 0.6 is 11.3 Å². The van der Waals surface area contributed by atoms with Crippen LogP contribution in [0.2, 0.25) is 0 Å². The number of hydrogen-bond acceptors (Lipinski definition) is 5. The minimum atomic E-state index is -3.63. The summed E-state index contributed by atoms with van der Waals surface area (Å²) in [5.41, 5.74) is 0.574. The van der Waals surface area contributed by atoms with Crippen LogP contribution in [0.4, 0.5) is 5.69 Å². The Bertz CT molecular complexity index is 872. The topological polar surface area (TPSA) is 78.5 Å². The van der Waals surface area contributed by atoms with Crippen molar-refractivity contribution in [3.8, 4) is 0 Å². The third kappa shape index (κ3) is 5.41. The maximum absolute atomic E-state index is 12.8. The van der Waals surface area contributed by atoms with E-state index < -0.39 is 10.0 Å². The van der Waals surface area contributed by atoms with Crippen molar-refractivity contribution in [1.82, 2.24) is 9.62 Å². The summed E-state index contributed by atoms with van der Waals surface area (Å²) in [6, 6.07) is 10.3. The van der Waals surface area contributed by atoms with Gasteiger partial charge in [0.1, 0.15) is 0 Å². The summed E-state index contributed by atoms with van der Waals surface area (Å²) in [6.45, 7) is 5.99. The van der Waals surface area contributed by atoms with Crippen LogP contribution in [0, 0.1) is 5.92 Å². The van der Waals surface area contributed by atoms with Crippen LogP contribution in [0.1, 0.15) is 37.6 Å². The number of carbonyl (C=O) groups excluding carboxylic acids is 1. The number of nitrogens with zero attached hydrogens (tertiary/aromatic N) is 1. The van der Waals surface area contributed by atoms with Crippen molar-refractivity contribution in [3.63, 3.8) is 0 Å². The average molecular weight is 422 g/mol. The number of benzene rings is 1. The van der Waals surface area contributed by atoms with Gasteiger partial charge < -0.3 is 5.32 Å². The summed E-state index contributed by atoms with van der Waals surface area (Å²) in [6.07, 6.45) is 2.28. The SMILES string of the molecule is CC(=O)Nc1ccc(S(=O)(=O)NCC(c2cccs2)N2CCC(C)CC2)cc1. The summed E-state index contributed by atoms with van der Waals surface area (Å²) < 4.78 is 28.3. The zero-order valence-electron chi connectivity index (χ0n) is 16.2. The molecule has 2 heterocycles. The monoisotopic (exact) mass is 421 g/mol. The average Bonchev–Trinajstić information content (AvgIpc) is 3.18. The molecule has 1 aliphatic rings. The van der Waals surface area contributed by atoms with Gasteiger partial charge in [0.15, 0.2) is 0 Å². The largest absolute Gasteiger partial charge is 0.326 e. The van der Waals surface area contributed by atoms with Crippen molar-refractivity contribution in [3.05, 3.63) is 46.7 Å². The molecule has 1 amide bonds. The normalized spacial score (nSPS) is 17.4. The number of thiophene rings is 1. The maximum atomic E-state index is 12.8. The zero-order valence-corrected chi connectivity index (χ0v) is 17.9. The molecule has 1 atom stereocenters. The smallest absolute Gasteiger partial charge is 0.240 e. The Morgan fingerprint density at radius 1 is 1.21 bits per heavy atom. The first-order chi connectivity index (χ1) is 13.3. The fraction of sp³-hybridized carbons (Fsp3) is 0.450. The lowest BCUT2D eigenvalue weighted by Crippen LogP contribution is -2.41. The van der Waals surface area contributed by atoms with E-state index in [4.69, 9.17) is 0 Å². The van der Waals surface area contributed by atoms with Gasteiger partial charge in [-0.15, -0.1) is 11.3 Å². The molecule has 1 aromatic heterocycles. The minimum Gasteiger partial charge on any atom is -0.326 e. The van der Waals surface area contributed by atoms with Gasteiger partial charge in [-0.25, -0.2) is 13.1 Å². The Balaban J connectivity index is 1.70. The second-order valence-corrected chi connectivity index (χ2v) is 10.1. The first-order valence-electron chi connectivity index (χ1n) is 9.50. The lowest BCUT2D eigenvalue weighted by atomic mass is 9.97. The molecule has 1 fully saturated rings. The van der Waals surface area contributed by atoms with Gasteiger partial charge in [-0.3, -0.25) is 9.69 Å². The third-order valence-corrected chi connectivity index (χ3v) is 7.50. The van der Waals surface area contributed by atoms with Gasteiger partial charge >= 0.3 is 0 Å². The van der Waals surface area contributed by atoms with Gasteiger partial charge in [0, 0.05) is 24.0 Å². The van der Waals surface area contributed by atoms with Gasteiger partial charge in [0.2, 0.25) is 15.9 Å². The predicted molar refractivity (Wildman–Crippen MR) is 113 cm³/mol. The van der Waals surface area contributed by atoms with Gasteiger partial charge in [-0.05, 0) is 67.6 Å². The highest BCUT2D eigenvalue weighted by Gasteiger charge is 2.27. The van der Waals surface area contributed by atoms with Crippen LogP contribution in [0.5, 0.6) is 0 Å². The molecule has 28 heavy (non-hydrogen) atoms. The highest BCUT2D eigenvalue weighted by molar-refractivity contribution is 7.89. The molecule has 0 radical (unpaired) electrons. The molecule has 0 saturated carbocycles. The fourth-order valence-corrected chi connectivity index (χ4v) is 5.32. The van der Waals surface area contributed by atoms with E-state index in [9.17, 15) is 13.2 Å². The number of rotatable bonds is 7.